The summed E-state index contributed by atoms with van der Waals surface area (Å²) in [4.78, 5) is 4.00. The Bertz CT molecular complexity index is 530. The van der Waals surface area contributed by atoms with Gasteiger partial charge in [0.25, 0.3) is 0 Å². The van der Waals surface area contributed by atoms with Gasteiger partial charge in [-0.15, -0.1) is 0 Å². The number of benzene rings is 1. The summed E-state index contributed by atoms with van der Waals surface area (Å²) >= 11 is 5.72. The van der Waals surface area contributed by atoms with Gasteiger partial charge >= 0.3 is 0 Å². The molecule has 0 aliphatic carbocycles. The number of hydrogen-bond donors (Lipinski definition) is 2. The molecule has 0 aliphatic heterocycles. The van der Waals surface area contributed by atoms with Crippen LogP contribution in [0.15, 0.2) is 42.6 Å². The minimum Gasteiger partial charge on any atom is -0.387 e. The first-order valence-electron chi connectivity index (χ1n) is 5.83. The fourth-order valence-electron chi connectivity index (χ4n) is 1.75. The number of aliphatic hydroxyl groups excluding tert-OH is 1. The number of aromatic nitrogens is 1. The molecule has 3 N–H and O–H groups in total. The molecule has 0 saturated heterocycles. The first-order valence-corrected chi connectivity index (χ1v) is 6.21. The number of pyridine rings is 1. The zero-order valence-corrected chi connectivity index (χ0v) is 10.9. The van der Waals surface area contributed by atoms with E-state index >= 15 is 0 Å². The molecule has 0 spiro atoms. The molecule has 2 atom stereocenters. The number of rotatable bonds is 4. The summed E-state index contributed by atoms with van der Waals surface area (Å²) in [6, 6.07) is 9.77. The van der Waals surface area contributed by atoms with Crippen molar-refractivity contribution in [3.63, 3.8) is 0 Å². The van der Waals surface area contributed by atoms with E-state index in [1.165, 1.54) is 0 Å². The molecule has 0 fully saturated rings. The molecule has 19 heavy (non-hydrogen) atoms. The number of hydrogen-bond acceptors (Lipinski definition) is 3. The number of alkyl halides is 1. The van der Waals surface area contributed by atoms with Gasteiger partial charge in [0.15, 0.2) is 0 Å². The van der Waals surface area contributed by atoms with Crippen molar-refractivity contribution in [3.8, 4) is 11.1 Å². The number of nitrogens with two attached hydrogens (primary N) is 1. The molecule has 0 unspecified atom stereocenters. The highest BCUT2D eigenvalue weighted by atomic mass is 35.5. The normalized spacial score (nSPS) is 14.1. The first kappa shape index (κ1) is 13.9. The van der Waals surface area contributed by atoms with Crippen molar-refractivity contribution in [2.75, 3.05) is 6.67 Å². The molecule has 1 aromatic carbocycles. The Hall–Kier alpha value is -1.49. The van der Waals surface area contributed by atoms with Gasteiger partial charge in [0.1, 0.15) is 11.8 Å². The van der Waals surface area contributed by atoms with E-state index in [9.17, 15) is 9.50 Å². The Balaban J connectivity index is 2.21. The lowest BCUT2D eigenvalue weighted by Crippen LogP contribution is -2.30. The van der Waals surface area contributed by atoms with E-state index in [2.05, 4.69) is 4.98 Å². The lowest BCUT2D eigenvalue weighted by molar-refractivity contribution is 0.132. The van der Waals surface area contributed by atoms with Crippen LogP contribution in [0.2, 0.25) is 5.15 Å². The van der Waals surface area contributed by atoms with Crippen molar-refractivity contribution in [1.29, 1.82) is 0 Å². The largest absolute Gasteiger partial charge is 0.387 e. The summed E-state index contributed by atoms with van der Waals surface area (Å²) < 4.78 is 12.4. The number of aliphatic hydroxyl groups is 1. The zero-order chi connectivity index (χ0) is 13.8. The molecule has 0 amide bonds. The molecular formula is C14H14ClFN2O. The van der Waals surface area contributed by atoms with E-state index in [-0.39, 0.29) is 0 Å². The van der Waals surface area contributed by atoms with Crippen LogP contribution in [0.1, 0.15) is 11.7 Å². The van der Waals surface area contributed by atoms with Crippen LogP contribution in [-0.2, 0) is 0 Å². The van der Waals surface area contributed by atoms with Gasteiger partial charge < -0.3 is 10.8 Å². The summed E-state index contributed by atoms with van der Waals surface area (Å²) in [6.45, 7) is -0.760. The fraction of sp³-hybridized carbons (Fsp3) is 0.214. The first-order chi connectivity index (χ1) is 9.11. The van der Waals surface area contributed by atoms with E-state index in [0.717, 1.165) is 11.1 Å². The Kier molecular flexibility index (Phi) is 4.47. The van der Waals surface area contributed by atoms with Crippen molar-refractivity contribution >= 4 is 11.6 Å². The summed E-state index contributed by atoms with van der Waals surface area (Å²) in [5, 5.41) is 10.2. The van der Waals surface area contributed by atoms with Gasteiger partial charge in [-0.1, -0.05) is 35.9 Å². The van der Waals surface area contributed by atoms with Gasteiger partial charge in [-0.3, -0.25) is 0 Å². The Morgan fingerprint density at radius 2 is 1.79 bits per heavy atom. The van der Waals surface area contributed by atoms with E-state index < -0.39 is 18.8 Å². The third-order valence-corrected chi connectivity index (χ3v) is 3.12. The molecule has 5 heteroatoms. The van der Waals surface area contributed by atoms with Gasteiger partial charge in [-0.2, -0.15) is 0 Å². The van der Waals surface area contributed by atoms with Crippen molar-refractivity contribution in [2.45, 2.75) is 12.1 Å². The second kappa shape index (κ2) is 6.10. The predicted octanol–water partition coefficient (Wildman–Crippen LogP) is 2.73. The molecule has 100 valence electrons. The Morgan fingerprint density at radius 3 is 2.32 bits per heavy atom. The average Bonchev–Trinajstić information content (AvgIpc) is 2.46. The van der Waals surface area contributed by atoms with Crippen molar-refractivity contribution in [3.05, 3.63) is 53.3 Å². The van der Waals surface area contributed by atoms with Gasteiger partial charge in [-0.05, 0) is 23.3 Å². The lowest BCUT2D eigenvalue weighted by Gasteiger charge is -2.16. The molecule has 0 bridgehead atoms. The SMILES string of the molecule is N[C@H](CF)[C@H](O)c1ccc(-c2ccc(Cl)nc2)cc1. The van der Waals surface area contributed by atoms with Gasteiger partial charge in [0.05, 0.1) is 12.1 Å². The summed E-state index contributed by atoms with van der Waals surface area (Å²) in [5.74, 6) is 0. The second-order valence-electron chi connectivity index (χ2n) is 4.25. The van der Waals surface area contributed by atoms with Crippen molar-refractivity contribution in [1.82, 2.24) is 4.98 Å². The van der Waals surface area contributed by atoms with Crippen molar-refractivity contribution in [2.24, 2.45) is 5.73 Å². The highest BCUT2D eigenvalue weighted by Crippen LogP contribution is 2.23. The van der Waals surface area contributed by atoms with Crippen LogP contribution in [0.25, 0.3) is 11.1 Å². The van der Waals surface area contributed by atoms with Crippen LogP contribution in [0.3, 0.4) is 0 Å². The minimum absolute atomic E-state index is 0.435. The summed E-state index contributed by atoms with van der Waals surface area (Å²) in [6.07, 6.45) is 0.670. The molecule has 0 aliphatic rings. The van der Waals surface area contributed by atoms with E-state index in [4.69, 9.17) is 17.3 Å². The third kappa shape index (κ3) is 3.29. The van der Waals surface area contributed by atoms with Crippen molar-refractivity contribution < 1.29 is 9.50 Å². The highest BCUT2D eigenvalue weighted by molar-refractivity contribution is 6.29. The zero-order valence-electron chi connectivity index (χ0n) is 10.1. The van der Waals surface area contributed by atoms with Gasteiger partial charge in [0.2, 0.25) is 0 Å². The molecule has 2 rings (SSSR count). The number of nitrogens with zero attached hydrogens (tertiary/aromatic N) is 1. The number of halogens is 2. The second-order valence-corrected chi connectivity index (χ2v) is 4.64. The summed E-state index contributed by atoms with van der Waals surface area (Å²) in [5.41, 5.74) is 7.91. The molecule has 3 nitrogen and oxygen atoms in total. The average molecular weight is 281 g/mol. The maximum atomic E-state index is 12.4. The van der Waals surface area contributed by atoms with E-state index in [1.807, 2.05) is 18.2 Å². The van der Waals surface area contributed by atoms with Crippen LogP contribution in [0.5, 0.6) is 0 Å². The quantitative estimate of drug-likeness (QED) is 0.847. The standard InChI is InChI=1S/C14H14ClFN2O/c15-13-6-5-11(8-18-13)9-1-3-10(4-2-9)14(19)12(17)7-16/h1-6,8,12,14,19H,7,17H2/t12-,14-/m1/s1. The smallest absolute Gasteiger partial charge is 0.129 e. The maximum Gasteiger partial charge on any atom is 0.129 e. The molecular weight excluding hydrogens is 267 g/mol. The molecule has 1 aromatic heterocycles. The molecule has 2 aromatic rings. The van der Waals surface area contributed by atoms with Crippen LogP contribution in [0.4, 0.5) is 4.39 Å². The third-order valence-electron chi connectivity index (χ3n) is 2.90. The monoisotopic (exact) mass is 280 g/mol. The predicted molar refractivity (Wildman–Crippen MR) is 73.6 cm³/mol. The molecule has 0 saturated carbocycles. The van der Waals surface area contributed by atoms with Gasteiger partial charge in [-0.25, -0.2) is 9.37 Å². The van der Waals surface area contributed by atoms with Crippen LogP contribution >= 0.6 is 11.6 Å². The Morgan fingerprint density at radius 1 is 1.16 bits per heavy atom. The minimum atomic E-state index is -0.998. The van der Waals surface area contributed by atoms with E-state index in [1.54, 1.807) is 24.4 Å². The molecule has 1 heterocycles. The lowest BCUT2D eigenvalue weighted by atomic mass is 10.00. The van der Waals surface area contributed by atoms with Gasteiger partial charge in [0, 0.05) is 11.8 Å². The maximum absolute atomic E-state index is 12.4. The van der Waals surface area contributed by atoms with Crippen LogP contribution < -0.4 is 5.73 Å². The Labute approximate surface area is 115 Å². The van der Waals surface area contributed by atoms with Crippen LogP contribution in [-0.4, -0.2) is 22.8 Å². The molecule has 0 radical (unpaired) electrons. The highest BCUT2D eigenvalue weighted by Gasteiger charge is 2.16. The fourth-order valence-corrected chi connectivity index (χ4v) is 1.86. The van der Waals surface area contributed by atoms with E-state index in [0.29, 0.717) is 10.7 Å². The summed E-state index contributed by atoms with van der Waals surface area (Å²) in [7, 11) is 0. The topological polar surface area (TPSA) is 59.1 Å². The van der Waals surface area contributed by atoms with Crippen LogP contribution in [0, 0.1) is 0 Å².